The summed E-state index contributed by atoms with van der Waals surface area (Å²) >= 11 is 0. The number of alkyl halides is 3. The van der Waals surface area contributed by atoms with Crippen LogP contribution in [0.5, 0.6) is 5.75 Å². The lowest BCUT2D eigenvalue weighted by Crippen LogP contribution is -2.59. The van der Waals surface area contributed by atoms with Crippen LogP contribution in [0, 0.1) is 0 Å². The fourth-order valence-electron chi connectivity index (χ4n) is 1.94. The highest BCUT2D eigenvalue weighted by Gasteiger charge is 2.33. The van der Waals surface area contributed by atoms with E-state index < -0.39 is 17.8 Å². The zero-order valence-corrected chi connectivity index (χ0v) is 11.9. The number of ether oxygens (including phenoxy) is 1. The van der Waals surface area contributed by atoms with Gasteiger partial charge in [-0.25, -0.2) is 4.79 Å². The molecule has 1 aromatic carbocycles. The highest BCUT2D eigenvalue weighted by Crippen LogP contribution is 2.30. The van der Waals surface area contributed by atoms with Gasteiger partial charge in [0.2, 0.25) is 0 Å². The third-order valence-electron chi connectivity index (χ3n) is 3.17. The summed E-state index contributed by atoms with van der Waals surface area (Å²) in [6.45, 7) is 2.44. The van der Waals surface area contributed by atoms with Gasteiger partial charge in [-0.05, 0) is 31.2 Å². The van der Waals surface area contributed by atoms with Crippen LogP contribution in [0.1, 0.15) is 12.5 Å². The Morgan fingerprint density at radius 1 is 1.41 bits per heavy atom. The lowest BCUT2D eigenvalue weighted by Gasteiger charge is -2.38. The van der Waals surface area contributed by atoms with E-state index in [-0.39, 0.29) is 18.7 Å². The normalized spacial score (nSPS) is 16.9. The van der Waals surface area contributed by atoms with E-state index in [0.29, 0.717) is 18.8 Å². The monoisotopic (exact) mass is 318 g/mol. The van der Waals surface area contributed by atoms with Crippen molar-refractivity contribution in [3.05, 3.63) is 29.8 Å². The van der Waals surface area contributed by atoms with Gasteiger partial charge in [0.25, 0.3) is 0 Å². The van der Waals surface area contributed by atoms with Gasteiger partial charge >= 0.3 is 12.2 Å². The van der Waals surface area contributed by atoms with Gasteiger partial charge in [-0.15, -0.1) is 0 Å². The molecule has 1 aliphatic rings. The van der Waals surface area contributed by atoms with Crippen LogP contribution in [0.15, 0.2) is 24.3 Å². The Labute approximate surface area is 125 Å². The number of carbonyl (C=O) groups excluding carboxylic acids is 1. The average Bonchev–Trinajstić information content (AvgIpc) is 2.39. The van der Waals surface area contributed by atoms with Crippen LogP contribution in [0.25, 0.3) is 0 Å². The first-order chi connectivity index (χ1) is 10.3. The standard InChI is InChI=1S/C14H17F3N2O3/c1-9(20)6-18-13(21)19-7-12(8-19)22-11-4-2-10(3-5-11)14(15,16)17/h2-5,9,12,20H,6-8H2,1H3,(H,18,21). The molecule has 1 heterocycles. The molecule has 22 heavy (non-hydrogen) atoms. The second kappa shape index (κ2) is 6.43. The maximum Gasteiger partial charge on any atom is 0.416 e. The number of halogens is 3. The van der Waals surface area contributed by atoms with Crippen molar-refractivity contribution < 1.29 is 27.8 Å². The van der Waals surface area contributed by atoms with E-state index in [1.54, 1.807) is 6.92 Å². The number of rotatable bonds is 4. The molecule has 8 heteroatoms. The summed E-state index contributed by atoms with van der Waals surface area (Å²) in [4.78, 5) is 13.1. The number of likely N-dealkylation sites (tertiary alicyclic amines) is 1. The molecule has 0 bridgehead atoms. The van der Waals surface area contributed by atoms with Crippen molar-refractivity contribution in [2.45, 2.75) is 25.3 Å². The number of amides is 2. The fourth-order valence-corrected chi connectivity index (χ4v) is 1.94. The Hall–Kier alpha value is -1.96. The Morgan fingerprint density at radius 3 is 2.50 bits per heavy atom. The first kappa shape index (κ1) is 16.4. The van der Waals surface area contributed by atoms with Crippen LogP contribution < -0.4 is 10.1 Å². The number of nitrogens with zero attached hydrogens (tertiary/aromatic N) is 1. The smallest absolute Gasteiger partial charge is 0.416 e. The van der Waals surface area contributed by atoms with Crippen LogP contribution >= 0.6 is 0 Å². The Kier molecular flexibility index (Phi) is 4.80. The van der Waals surface area contributed by atoms with Crippen molar-refractivity contribution in [3.63, 3.8) is 0 Å². The molecule has 0 saturated carbocycles. The molecule has 5 nitrogen and oxygen atoms in total. The number of aliphatic hydroxyl groups excluding tert-OH is 1. The molecule has 1 unspecified atom stereocenters. The Bertz CT molecular complexity index is 511. The number of hydrogen-bond acceptors (Lipinski definition) is 3. The highest BCUT2D eigenvalue weighted by atomic mass is 19.4. The molecule has 1 fully saturated rings. The van der Waals surface area contributed by atoms with Gasteiger partial charge in [0.05, 0.1) is 24.8 Å². The Balaban J connectivity index is 1.77. The van der Waals surface area contributed by atoms with Crippen LogP contribution in [-0.2, 0) is 6.18 Å². The van der Waals surface area contributed by atoms with Gasteiger partial charge < -0.3 is 20.1 Å². The van der Waals surface area contributed by atoms with Crippen LogP contribution in [0.2, 0.25) is 0 Å². The predicted molar refractivity (Wildman–Crippen MR) is 72.5 cm³/mol. The highest BCUT2D eigenvalue weighted by molar-refractivity contribution is 5.75. The zero-order valence-electron chi connectivity index (χ0n) is 11.9. The lowest BCUT2D eigenvalue weighted by molar-refractivity contribution is -0.137. The van der Waals surface area contributed by atoms with E-state index in [1.807, 2.05) is 0 Å². The summed E-state index contributed by atoms with van der Waals surface area (Å²) in [5, 5.41) is 11.6. The number of aliphatic hydroxyl groups is 1. The molecule has 0 spiro atoms. The molecule has 0 aliphatic carbocycles. The molecule has 0 aromatic heterocycles. The van der Waals surface area contributed by atoms with E-state index in [1.165, 1.54) is 17.0 Å². The third-order valence-corrected chi connectivity index (χ3v) is 3.17. The van der Waals surface area contributed by atoms with Crippen molar-refractivity contribution in [1.29, 1.82) is 0 Å². The maximum absolute atomic E-state index is 12.4. The van der Waals surface area contributed by atoms with Gasteiger partial charge in [0.15, 0.2) is 0 Å². The van der Waals surface area contributed by atoms with E-state index in [4.69, 9.17) is 9.84 Å². The zero-order chi connectivity index (χ0) is 16.3. The molecular weight excluding hydrogens is 301 g/mol. The molecule has 0 radical (unpaired) electrons. The molecule has 122 valence electrons. The van der Waals surface area contributed by atoms with Crippen LogP contribution in [0.4, 0.5) is 18.0 Å². The van der Waals surface area contributed by atoms with Gasteiger partial charge in [-0.1, -0.05) is 0 Å². The number of hydrogen-bond donors (Lipinski definition) is 2. The average molecular weight is 318 g/mol. The molecule has 2 N–H and O–H groups in total. The Morgan fingerprint density at radius 2 is 2.00 bits per heavy atom. The SMILES string of the molecule is CC(O)CNC(=O)N1CC(Oc2ccc(C(F)(F)F)cc2)C1. The van der Waals surface area contributed by atoms with Crippen molar-refractivity contribution in [3.8, 4) is 5.75 Å². The van der Waals surface area contributed by atoms with E-state index in [0.717, 1.165) is 12.1 Å². The minimum Gasteiger partial charge on any atom is -0.487 e. The fraction of sp³-hybridized carbons (Fsp3) is 0.500. The molecule has 2 amide bonds. The van der Waals surface area contributed by atoms with Crippen LogP contribution in [-0.4, -0.2) is 47.9 Å². The second-order valence-electron chi connectivity index (χ2n) is 5.20. The molecular formula is C14H17F3N2O3. The van der Waals surface area contributed by atoms with Crippen molar-refractivity contribution >= 4 is 6.03 Å². The van der Waals surface area contributed by atoms with Gasteiger partial charge in [-0.2, -0.15) is 13.2 Å². The molecule has 2 rings (SSSR count). The summed E-state index contributed by atoms with van der Waals surface area (Å²) in [5.41, 5.74) is -0.729. The number of benzene rings is 1. The minimum absolute atomic E-state index is 0.166. The van der Waals surface area contributed by atoms with Crippen LogP contribution in [0.3, 0.4) is 0 Å². The van der Waals surface area contributed by atoms with E-state index in [2.05, 4.69) is 5.32 Å². The second-order valence-corrected chi connectivity index (χ2v) is 5.20. The predicted octanol–water partition coefficient (Wildman–Crippen LogP) is 1.86. The first-order valence-electron chi connectivity index (χ1n) is 6.80. The largest absolute Gasteiger partial charge is 0.487 e. The quantitative estimate of drug-likeness (QED) is 0.891. The number of urea groups is 1. The summed E-state index contributed by atoms with van der Waals surface area (Å²) in [6.07, 6.45) is -5.23. The van der Waals surface area contributed by atoms with E-state index >= 15 is 0 Å². The van der Waals surface area contributed by atoms with Gasteiger partial charge in [0.1, 0.15) is 11.9 Å². The summed E-state index contributed by atoms with van der Waals surface area (Å²) < 4.78 is 42.7. The lowest BCUT2D eigenvalue weighted by atomic mass is 10.1. The molecule has 1 aromatic rings. The van der Waals surface area contributed by atoms with Crippen molar-refractivity contribution in [2.24, 2.45) is 0 Å². The number of carbonyl (C=O) groups is 1. The molecule has 1 atom stereocenters. The van der Waals surface area contributed by atoms with E-state index in [9.17, 15) is 18.0 Å². The number of nitrogens with one attached hydrogen (secondary N) is 1. The summed E-state index contributed by atoms with van der Waals surface area (Å²) in [7, 11) is 0. The molecule has 1 saturated heterocycles. The topological polar surface area (TPSA) is 61.8 Å². The molecule has 1 aliphatic heterocycles. The summed E-state index contributed by atoms with van der Waals surface area (Å²) in [5.74, 6) is 0.335. The third kappa shape index (κ3) is 4.27. The minimum atomic E-state index is -4.37. The summed E-state index contributed by atoms with van der Waals surface area (Å²) in [6, 6.07) is 4.15. The first-order valence-corrected chi connectivity index (χ1v) is 6.80. The van der Waals surface area contributed by atoms with Crippen molar-refractivity contribution in [1.82, 2.24) is 10.2 Å². The van der Waals surface area contributed by atoms with Gasteiger partial charge in [0, 0.05) is 6.54 Å². The van der Waals surface area contributed by atoms with Gasteiger partial charge in [-0.3, -0.25) is 0 Å². The van der Waals surface area contributed by atoms with Crippen molar-refractivity contribution in [2.75, 3.05) is 19.6 Å². The maximum atomic E-state index is 12.4.